The number of anilines is 1. The van der Waals surface area contributed by atoms with Crippen molar-refractivity contribution in [3.8, 4) is 5.88 Å². The monoisotopic (exact) mass is 286 g/mol. The molecule has 0 atom stereocenters. The Kier molecular flexibility index (Phi) is 4.70. The van der Waals surface area contributed by atoms with E-state index in [2.05, 4.69) is 21.2 Å². The highest BCUT2D eigenvalue weighted by Crippen LogP contribution is 2.19. The van der Waals surface area contributed by atoms with Crippen molar-refractivity contribution in [2.24, 2.45) is 0 Å². The number of hydrogen-bond donors (Lipinski definition) is 3. The first kappa shape index (κ1) is 14.3. The lowest BCUT2D eigenvalue weighted by molar-refractivity contribution is 0.0938. The van der Waals surface area contributed by atoms with Crippen molar-refractivity contribution in [1.82, 2.24) is 15.8 Å². The van der Waals surface area contributed by atoms with Crippen molar-refractivity contribution in [2.75, 3.05) is 12.4 Å². The Morgan fingerprint density at radius 3 is 2.52 bits per heavy atom. The zero-order valence-electron chi connectivity index (χ0n) is 11.3. The Bertz CT molecular complexity index is 631. The summed E-state index contributed by atoms with van der Waals surface area (Å²) in [6.45, 7) is 0. The summed E-state index contributed by atoms with van der Waals surface area (Å²) >= 11 is 0. The van der Waals surface area contributed by atoms with Crippen LogP contribution in [0.4, 0.5) is 10.5 Å². The van der Waals surface area contributed by atoms with E-state index in [1.807, 2.05) is 0 Å². The predicted octanol–water partition coefficient (Wildman–Crippen LogP) is 1.56. The minimum Gasteiger partial charge on any atom is -0.480 e. The third kappa shape index (κ3) is 3.93. The Hall–Kier alpha value is -3.09. The Balaban J connectivity index is 1.89. The summed E-state index contributed by atoms with van der Waals surface area (Å²) in [5.41, 5.74) is 5.38. The first-order valence-electron chi connectivity index (χ1n) is 6.12. The van der Waals surface area contributed by atoms with E-state index in [0.29, 0.717) is 11.3 Å². The number of ether oxygens (including phenoxy) is 1. The van der Waals surface area contributed by atoms with Gasteiger partial charge in [0.15, 0.2) is 0 Å². The second kappa shape index (κ2) is 6.90. The molecule has 0 spiro atoms. The van der Waals surface area contributed by atoms with Gasteiger partial charge in [0.1, 0.15) is 5.69 Å². The molecular formula is C14H14N4O3. The van der Waals surface area contributed by atoms with E-state index >= 15 is 0 Å². The quantitative estimate of drug-likeness (QED) is 0.746. The highest BCUT2D eigenvalue weighted by atomic mass is 16.5. The second-order valence-electron chi connectivity index (χ2n) is 3.96. The fourth-order valence-electron chi connectivity index (χ4n) is 1.58. The molecule has 0 fully saturated rings. The van der Waals surface area contributed by atoms with Crippen LogP contribution in [-0.2, 0) is 0 Å². The van der Waals surface area contributed by atoms with Crippen LogP contribution in [-0.4, -0.2) is 24.0 Å². The number of methoxy groups -OCH3 is 1. The van der Waals surface area contributed by atoms with Gasteiger partial charge in [0.2, 0.25) is 5.88 Å². The lowest BCUT2D eigenvalue weighted by Gasteiger charge is -2.10. The van der Waals surface area contributed by atoms with Crippen LogP contribution in [0, 0.1) is 0 Å². The first-order chi connectivity index (χ1) is 10.2. The van der Waals surface area contributed by atoms with Gasteiger partial charge in [-0.25, -0.2) is 15.2 Å². The molecule has 0 radical (unpaired) electrons. The Morgan fingerprint density at radius 1 is 1.05 bits per heavy atom. The lowest BCUT2D eigenvalue weighted by atomic mass is 10.2. The second-order valence-corrected chi connectivity index (χ2v) is 3.96. The van der Waals surface area contributed by atoms with Gasteiger partial charge in [-0.3, -0.25) is 10.2 Å². The fraction of sp³-hybridized carbons (Fsp3) is 0.0714. The van der Waals surface area contributed by atoms with E-state index in [0.717, 1.165) is 0 Å². The number of carbonyl (C=O) groups is 2. The maximum Gasteiger partial charge on any atom is 0.338 e. The number of benzene rings is 1. The summed E-state index contributed by atoms with van der Waals surface area (Å²) in [5, 5.41) is 2.52. The summed E-state index contributed by atoms with van der Waals surface area (Å²) in [4.78, 5) is 27.4. The molecule has 0 aliphatic carbocycles. The zero-order chi connectivity index (χ0) is 15.1. The van der Waals surface area contributed by atoms with Crippen molar-refractivity contribution >= 4 is 17.6 Å². The van der Waals surface area contributed by atoms with Crippen molar-refractivity contribution in [3.63, 3.8) is 0 Å². The molecule has 0 bridgehead atoms. The Labute approximate surface area is 121 Å². The SMILES string of the molecule is COc1ncccc1NC(=O)NNC(=O)c1ccccc1. The van der Waals surface area contributed by atoms with Gasteiger partial charge >= 0.3 is 6.03 Å². The lowest BCUT2D eigenvalue weighted by Crippen LogP contribution is -2.43. The van der Waals surface area contributed by atoms with Crippen molar-refractivity contribution < 1.29 is 14.3 Å². The molecule has 3 N–H and O–H groups in total. The molecule has 108 valence electrons. The average Bonchev–Trinajstić information content (AvgIpc) is 2.54. The van der Waals surface area contributed by atoms with Crippen molar-refractivity contribution in [2.45, 2.75) is 0 Å². The minimum absolute atomic E-state index is 0.280. The number of hydrazine groups is 1. The molecule has 2 rings (SSSR count). The van der Waals surface area contributed by atoms with Gasteiger partial charge in [0, 0.05) is 11.8 Å². The molecule has 1 aromatic heterocycles. The van der Waals surface area contributed by atoms with Gasteiger partial charge in [-0.05, 0) is 24.3 Å². The number of urea groups is 1. The molecule has 7 nitrogen and oxygen atoms in total. The number of rotatable bonds is 3. The molecule has 7 heteroatoms. The van der Waals surface area contributed by atoms with Crippen molar-refractivity contribution in [3.05, 3.63) is 54.2 Å². The standard InChI is InChI=1S/C14H14N4O3/c1-21-13-11(8-5-9-15-13)16-14(20)18-17-12(19)10-6-3-2-4-7-10/h2-9H,1H3,(H,17,19)(H2,16,18,20). The molecule has 2 aromatic rings. The molecule has 1 aromatic carbocycles. The largest absolute Gasteiger partial charge is 0.480 e. The summed E-state index contributed by atoms with van der Waals surface area (Å²) in [6.07, 6.45) is 1.54. The molecule has 0 saturated heterocycles. The van der Waals surface area contributed by atoms with Gasteiger partial charge in [-0.15, -0.1) is 0 Å². The van der Waals surface area contributed by atoms with Crippen LogP contribution < -0.4 is 20.9 Å². The normalized spacial score (nSPS) is 9.57. The highest BCUT2D eigenvalue weighted by Gasteiger charge is 2.09. The van der Waals surface area contributed by atoms with Crippen LogP contribution in [0.1, 0.15) is 10.4 Å². The molecule has 1 heterocycles. The van der Waals surface area contributed by atoms with Crippen LogP contribution in [0.2, 0.25) is 0 Å². The summed E-state index contributed by atoms with van der Waals surface area (Å²) in [6, 6.07) is 11.2. The average molecular weight is 286 g/mol. The third-order valence-corrected chi connectivity index (χ3v) is 2.54. The van der Waals surface area contributed by atoms with Gasteiger partial charge < -0.3 is 10.1 Å². The molecule has 0 saturated carbocycles. The van der Waals surface area contributed by atoms with Crippen LogP contribution in [0.25, 0.3) is 0 Å². The van der Waals surface area contributed by atoms with E-state index in [-0.39, 0.29) is 5.88 Å². The molecule has 0 unspecified atom stereocenters. The first-order valence-corrected chi connectivity index (χ1v) is 6.12. The number of amides is 3. The van der Waals surface area contributed by atoms with Crippen LogP contribution in [0.3, 0.4) is 0 Å². The summed E-state index contributed by atoms with van der Waals surface area (Å²) < 4.78 is 5.00. The highest BCUT2D eigenvalue weighted by molar-refractivity contribution is 5.97. The van der Waals surface area contributed by atoms with E-state index in [1.54, 1.807) is 48.7 Å². The van der Waals surface area contributed by atoms with Crippen LogP contribution >= 0.6 is 0 Å². The number of carbonyl (C=O) groups excluding carboxylic acids is 2. The fourth-order valence-corrected chi connectivity index (χ4v) is 1.58. The van der Waals surface area contributed by atoms with Crippen molar-refractivity contribution in [1.29, 1.82) is 0 Å². The number of aromatic nitrogens is 1. The van der Waals surface area contributed by atoms with Gasteiger partial charge in [0.25, 0.3) is 5.91 Å². The van der Waals surface area contributed by atoms with Gasteiger partial charge in [-0.1, -0.05) is 18.2 Å². The topological polar surface area (TPSA) is 92.3 Å². The summed E-state index contributed by atoms with van der Waals surface area (Å²) in [7, 11) is 1.45. The minimum atomic E-state index is -0.606. The molecule has 0 aliphatic rings. The molecule has 0 aliphatic heterocycles. The van der Waals surface area contributed by atoms with Gasteiger partial charge in [0.05, 0.1) is 7.11 Å². The Morgan fingerprint density at radius 2 is 1.81 bits per heavy atom. The smallest absolute Gasteiger partial charge is 0.338 e. The molecule has 3 amide bonds. The number of pyridine rings is 1. The van der Waals surface area contributed by atoms with Gasteiger partial charge in [-0.2, -0.15) is 0 Å². The number of nitrogens with zero attached hydrogens (tertiary/aromatic N) is 1. The van der Waals surface area contributed by atoms with E-state index in [1.165, 1.54) is 7.11 Å². The van der Waals surface area contributed by atoms with Crippen LogP contribution in [0.15, 0.2) is 48.7 Å². The third-order valence-electron chi connectivity index (χ3n) is 2.54. The zero-order valence-corrected chi connectivity index (χ0v) is 11.3. The van der Waals surface area contributed by atoms with Crippen LogP contribution in [0.5, 0.6) is 5.88 Å². The van der Waals surface area contributed by atoms with E-state index in [4.69, 9.17) is 4.74 Å². The number of hydrogen-bond acceptors (Lipinski definition) is 4. The maximum atomic E-state index is 11.7. The molecule has 21 heavy (non-hydrogen) atoms. The summed E-state index contributed by atoms with van der Waals surface area (Å²) in [5.74, 6) is -0.133. The van der Waals surface area contributed by atoms with E-state index < -0.39 is 11.9 Å². The molecular weight excluding hydrogens is 272 g/mol. The van der Waals surface area contributed by atoms with E-state index in [9.17, 15) is 9.59 Å². The number of nitrogens with one attached hydrogen (secondary N) is 3. The maximum absolute atomic E-state index is 11.7. The predicted molar refractivity (Wildman–Crippen MR) is 76.9 cm³/mol.